The molecule has 3 aromatic carbocycles. The van der Waals surface area contributed by atoms with Crippen molar-refractivity contribution in [1.82, 2.24) is 5.32 Å². The summed E-state index contributed by atoms with van der Waals surface area (Å²) in [6.45, 7) is -0.750. The molecule has 32 heavy (non-hydrogen) atoms. The first kappa shape index (κ1) is 21.1. The molecule has 0 heterocycles. The lowest BCUT2D eigenvalue weighted by Gasteiger charge is -2.21. The first-order valence-electron chi connectivity index (χ1n) is 10.2. The molecular weight excluding hydrogens is 408 g/mol. The van der Waals surface area contributed by atoms with Crippen molar-refractivity contribution in [2.24, 2.45) is 0 Å². The number of anilines is 1. The van der Waals surface area contributed by atoms with Crippen molar-refractivity contribution in [3.8, 4) is 11.1 Å². The molecule has 0 unspecified atom stereocenters. The lowest BCUT2D eigenvalue weighted by Crippen LogP contribution is -2.43. The number of alkyl carbamates (subject to hydrolysis) is 1. The van der Waals surface area contributed by atoms with Crippen LogP contribution in [0.2, 0.25) is 0 Å². The van der Waals surface area contributed by atoms with Gasteiger partial charge in [0.05, 0.1) is 0 Å². The second-order valence-corrected chi connectivity index (χ2v) is 7.39. The van der Waals surface area contributed by atoms with E-state index in [9.17, 15) is 14.4 Å². The Labute approximate surface area is 185 Å². The Balaban J connectivity index is 1.37. The monoisotopic (exact) mass is 430 g/mol. The van der Waals surface area contributed by atoms with Crippen molar-refractivity contribution in [2.75, 3.05) is 24.6 Å². The number of carbonyl (C=O) groups is 3. The molecule has 0 bridgehead atoms. The minimum absolute atomic E-state index is 0.0864. The summed E-state index contributed by atoms with van der Waals surface area (Å²) in [4.78, 5) is 37.1. The van der Waals surface area contributed by atoms with Crippen molar-refractivity contribution in [3.63, 3.8) is 0 Å². The number of nitrogens with zero attached hydrogens (tertiary/aromatic N) is 1. The third-order valence-electron chi connectivity index (χ3n) is 5.39. The van der Waals surface area contributed by atoms with Gasteiger partial charge in [0.25, 0.3) is 0 Å². The maximum absolute atomic E-state index is 12.6. The number of nitrogens with one attached hydrogen (secondary N) is 1. The fraction of sp³-hybridized carbons (Fsp3) is 0.160. The number of ether oxygens (including phenoxy) is 1. The van der Waals surface area contributed by atoms with Gasteiger partial charge in [0, 0.05) is 11.6 Å². The molecule has 162 valence electrons. The average molecular weight is 430 g/mol. The van der Waals surface area contributed by atoms with Gasteiger partial charge in [-0.3, -0.25) is 14.5 Å². The first-order valence-corrected chi connectivity index (χ1v) is 10.2. The number of amides is 2. The highest BCUT2D eigenvalue weighted by Gasteiger charge is 2.29. The lowest BCUT2D eigenvalue weighted by molar-refractivity contribution is -0.136. The van der Waals surface area contributed by atoms with Crippen LogP contribution in [0.3, 0.4) is 0 Å². The molecule has 0 aliphatic heterocycles. The van der Waals surface area contributed by atoms with Gasteiger partial charge in [-0.1, -0.05) is 66.7 Å². The van der Waals surface area contributed by atoms with Crippen LogP contribution in [0.25, 0.3) is 11.1 Å². The van der Waals surface area contributed by atoms with E-state index in [0.29, 0.717) is 5.69 Å². The largest absolute Gasteiger partial charge is 0.480 e. The van der Waals surface area contributed by atoms with E-state index in [2.05, 4.69) is 5.32 Å². The Morgan fingerprint density at radius 3 is 2.00 bits per heavy atom. The van der Waals surface area contributed by atoms with E-state index in [1.54, 1.807) is 30.3 Å². The number of fused-ring (bicyclic) bond motifs is 3. The standard InChI is InChI=1S/C25H22N2O5/c28-23(27(15-24(29)30)17-8-2-1-3-9-17)14-26-25(31)32-16-22-20-12-6-4-10-18(20)19-11-5-7-13-21(19)22/h1-13,22H,14-16H2,(H,26,31)(H,29,30). The second kappa shape index (κ2) is 9.34. The van der Waals surface area contributed by atoms with Crippen molar-refractivity contribution in [1.29, 1.82) is 0 Å². The van der Waals surface area contributed by atoms with E-state index < -0.39 is 24.5 Å². The zero-order chi connectivity index (χ0) is 22.5. The Kier molecular flexibility index (Phi) is 6.17. The van der Waals surface area contributed by atoms with Crippen LogP contribution in [0, 0.1) is 0 Å². The zero-order valence-electron chi connectivity index (χ0n) is 17.2. The van der Waals surface area contributed by atoms with Crippen LogP contribution in [0.15, 0.2) is 78.9 Å². The molecule has 2 amide bonds. The highest BCUT2D eigenvalue weighted by molar-refractivity contribution is 5.99. The molecule has 7 nitrogen and oxygen atoms in total. The number of carbonyl (C=O) groups excluding carboxylic acids is 2. The van der Waals surface area contributed by atoms with Gasteiger partial charge in [-0.2, -0.15) is 0 Å². The second-order valence-electron chi connectivity index (χ2n) is 7.39. The summed E-state index contributed by atoms with van der Waals surface area (Å²) in [7, 11) is 0. The number of hydrogen-bond donors (Lipinski definition) is 2. The molecule has 0 saturated carbocycles. The minimum atomic E-state index is -1.15. The topological polar surface area (TPSA) is 95.9 Å². The molecule has 1 aliphatic carbocycles. The smallest absolute Gasteiger partial charge is 0.407 e. The number of benzene rings is 3. The van der Waals surface area contributed by atoms with E-state index in [0.717, 1.165) is 27.2 Å². The van der Waals surface area contributed by atoms with Gasteiger partial charge in [0.15, 0.2) is 0 Å². The SMILES string of the molecule is O=C(O)CN(C(=O)CNC(=O)OCC1c2ccccc2-c2ccccc21)c1ccccc1. The molecule has 0 radical (unpaired) electrons. The normalized spacial score (nSPS) is 11.9. The first-order chi connectivity index (χ1) is 15.5. The van der Waals surface area contributed by atoms with Gasteiger partial charge in [0.1, 0.15) is 19.7 Å². The molecule has 0 atom stereocenters. The number of carboxylic acids is 1. The number of rotatable bonds is 7. The van der Waals surface area contributed by atoms with E-state index >= 15 is 0 Å². The fourth-order valence-electron chi connectivity index (χ4n) is 3.96. The molecule has 2 N–H and O–H groups in total. The van der Waals surface area contributed by atoms with E-state index in [1.807, 2.05) is 48.5 Å². The number of aliphatic carboxylic acids is 1. The van der Waals surface area contributed by atoms with Crippen LogP contribution in [-0.4, -0.2) is 42.8 Å². The van der Waals surface area contributed by atoms with Gasteiger partial charge < -0.3 is 15.2 Å². The minimum Gasteiger partial charge on any atom is -0.480 e. The summed E-state index contributed by atoms with van der Waals surface area (Å²) in [6, 6.07) is 24.5. The Morgan fingerprint density at radius 2 is 1.41 bits per heavy atom. The van der Waals surface area contributed by atoms with Crippen molar-refractivity contribution >= 4 is 23.7 Å². The summed E-state index contributed by atoms with van der Waals surface area (Å²) in [5.41, 5.74) is 4.87. The Morgan fingerprint density at radius 1 is 0.844 bits per heavy atom. The average Bonchev–Trinajstić information content (AvgIpc) is 3.14. The fourth-order valence-corrected chi connectivity index (χ4v) is 3.96. The number of carboxylic acid groups (broad SMARTS) is 1. The molecule has 0 saturated heterocycles. The van der Waals surface area contributed by atoms with Gasteiger partial charge in [-0.25, -0.2) is 4.79 Å². The third kappa shape index (κ3) is 4.46. The van der Waals surface area contributed by atoms with Crippen LogP contribution < -0.4 is 10.2 Å². The van der Waals surface area contributed by atoms with Crippen molar-refractivity contribution in [3.05, 3.63) is 90.0 Å². The summed E-state index contributed by atoms with van der Waals surface area (Å²) in [5.74, 6) is -1.79. The Hall–Kier alpha value is -4.13. The van der Waals surface area contributed by atoms with Crippen LogP contribution in [-0.2, 0) is 14.3 Å². The predicted molar refractivity (Wildman–Crippen MR) is 120 cm³/mol. The van der Waals surface area contributed by atoms with Crippen molar-refractivity contribution < 1.29 is 24.2 Å². The summed E-state index contributed by atoms with van der Waals surface area (Å²) < 4.78 is 5.42. The highest BCUT2D eigenvalue weighted by Crippen LogP contribution is 2.44. The van der Waals surface area contributed by atoms with Gasteiger partial charge in [0.2, 0.25) is 5.91 Å². The Bertz CT molecular complexity index is 1100. The van der Waals surface area contributed by atoms with Gasteiger partial charge in [-0.15, -0.1) is 0 Å². The molecule has 3 aromatic rings. The molecule has 0 spiro atoms. The molecule has 0 aromatic heterocycles. The summed E-state index contributed by atoms with van der Waals surface area (Å²) >= 11 is 0. The quantitative estimate of drug-likeness (QED) is 0.597. The summed E-state index contributed by atoms with van der Waals surface area (Å²) in [5, 5.41) is 11.6. The summed E-state index contributed by atoms with van der Waals surface area (Å²) in [6.07, 6.45) is -0.733. The maximum atomic E-state index is 12.6. The number of para-hydroxylation sites is 1. The third-order valence-corrected chi connectivity index (χ3v) is 5.39. The predicted octanol–water partition coefficient (Wildman–Crippen LogP) is 3.64. The maximum Gasteiger partial charge on any atom is 0.407 e. The van der Waals surface area contributed by atoms with Crippen LogP contribution in [0.1, 0.15) is 17.0 Å². The molecular formula is C25H22N2O5. The van der Waals surface area contributed by atoms with Gasteiger partial charge >= 0.3 is 12.1 Å². The van der Waals surface area contributed by atoms with E-state index in [1.165, 1.54) is 0 Å². The van der Waals surface area contributed by atoms with E-state index in [4.69, 9.17) is 9.84 Å². The zero-order valence-corrected chi connectivity index (χ0v) is 17.2. The van der Waals surface area contributed by atoms with Crippen LogP contribution >= 0.6 is 0 Å². The highest BCUT2D eigenvalue weighted by atomic mass is 16.5. The number of hydrogen-bond acceptors (Lipinski definition) is 4. The van der Waals surface area contributed by atoms with E-state index in [-0.39, 0.29) is 19.1 Å². The molecule has 4 rings (SSSR count). The molecule has 1 aliphatic rings. The molecule has 0 fully saturated rings. The van der Waals surface area contributed by atoms with Gasteiger partial charge in [-0.05, 0) is 34.4 Å². The van der Waals surface area contributed by atoms with Crippen molar-refractivity contribution in [2.45, 2.75) is 5.92 Å². The van der Waals surface area contributed by atoms with Crippen LogP contribution in [0.5, 0.6) is 0 Å². The van der Waals surface area contributed by atoms with Crippen LogP contribution in [0.4, 0.5) is 10.5 Å². The lowest BCUT2D eigenvalue weighted by atomic mass is 9.98. The molecule has 7 heteroatoms.